The van der Waals surface area contributed by atoms with Crippen LogP contribution in [0.3, 0.4) is 0 Å². The minimum Gasteiger partial charge on any atom is -0.444 e. The van der Waals surface area contributed by atoms with E-state index in [1.165, 1.54) is 11.1 Å². The third kappa shape index (κ3) is 5.10. The Labute approximate surface area is 186 Å². The van der Waals surface area contributed by atoms with Crippen LogP contribution in [0.4, 0.5) is 4.79 Å². The minimum atomic E-state index is -0.452. The van der Waals surface area contributed by atoms with Crippen molar-refractivity contribution < 1.29 is 9.53 Å². The molecular weight excluding hydrogens is 386 g/mol. The molecule has 5 heteroatoms. The lowest BCUT2D eigenvalue weighted by molar-refractivity contribution is -0.0350. The summed E-state index contributed by atoms with van der Waals surface area (Å²) in [6.45, 7) is 12.5. The molecule has 2 heterocycles. The first-order chi connectivity index (χ1) is 14.8. The van der Waals surface area contributed by atoms with E-state index in [-0.39, 0.29) is 12.1 Å². The number of likely N-dealkylation sites (tertiary alicyclic amines) is 1. The van der Waals surface area contributed by atoms with Crippen molar-refractivity contribution in [1.29, 1.82) is 0 Å². The van der Waals surface area contributed by atoms with E-state index in [1.807, 2.05) is 25.7 Å². The molecule has 5 nitrogen and oxygen atoms in total. The monoisotopic (exact) mass is 421 g/mol. The summed E-state index contributed by atoms with van der Waals surface area (Å²) in [7, 11) is 0. The summed E-state index contributed by atoms with van der Waals surface area (Å²) in [4.78, 5) is 19.5. The standard InChI is InChI=1S/C26H35N3O2/c1-20-17-27(15-16-29(20)25(30)31-26(2,3)4)23-18-28(19-23)24(21-11-7-5-8-12-21)22-13-9-6-10-14-22/h5-14,20,23-24H,15-19H2,1-4H3/t20-/m0/s1. The third-order valence-electron chi connectivity index (χ3n) is 6.29. The summed E-state index contributed by atoms with van der Waals surface area (Å²) in [5.41, 5.74) is 2.23. The van der Waals surface area contributed by atoms with Crippen molar-refractivity contribution in [3.05, 3.63) is 71.8 Å². The molecule has 0 saturated carbocycles. The van der Waals surface area contributed by atoms with E-state index in [4.69, 9.17) is 4.74 Å². The van der Waals surface area contributed by atoms with E-state index in [9.17, 15) is 4.79 Å². The highest BCUT2D eigenvalue weighted by Crippen LogP contribution is 2.34. The number of nitrogens with zero attached hydrogens (tertiary/aromatic N) is 3. The summed E-state index contributed by atoms with van der Waals surface area (Å²) in [5, 5.41) is 0. The molecule has 31 heavy (non-hydrogen) atoms. The number of piperazine rings is 1. The van der Waals surface area contributed by atoms with E-state index >= 15 is 0 Å². The van der Waals surface area contributed by atoms with Gasteiger partial charge in [-0.15, -0.1) is 0 Å². The number of ether oxygens (including phenoxy) is 1. The average molecular weight is 422 g/mol. The van der Waals surface area contributed by atoms with Crippen LogP contribution in [0.2, 0.25) is 0 Å². The molecular formula is C26H35N3O2. The van der Waals surface area contributed by atoms with Gasteiger partial charge in [-0.05, 0) is 38.8 Å². The van der Waals surface area contributed by atoms with Gasteiger partial charge in [0.15, 0.2) is 0 Å². The largest absolute Gasteiger partial charge is 0.444 e. The van der Waals surface area contributed by atoms with Crippen molar-refractivity contribution in [2.45, 2.75) is 51.4 Å². The molecule has 2 aliphatic heterocycles. The van der Waals surface area contributed by atoms with Gasteiger partial charge < -0.3 is 9.64 Å². The first-order valence-electron chi connectivity index (χ1n) is 11.4. The maximum Gasteiger partial charge on any atom is 0.410 e. The van der Waals surface area contributed by atoms with Crippen molar-refractivity contribution in [3.8, 4) is 0 Å². The smallest absolute Gasteiger partial charge is 0.410 e. The molecule has 2 aromatic carbocycles. The Morgan fingerprint density at radius 1 is 0.903 bits per heavy atom. The van der Waals surface area contributed by atoms with Crippen molar-refractivity contribution in [1.82, 2.24) is 14.7 Å². The summed E-state index contributed by atoms with van der Waals surface area (Å²) in [5.74, 6) is 0. The lowest BCUT2D eigenvalue weighted by Gasteiger charge is -2.52. The van der Waals surface area contributed by atoms with Crippen LogP contribution in [0.5, 0.6) is 0 Å². The molecule has 2 saturated heterocycles. The Bertz CT molecular complexity index is 820. The van der Waals surface area contributed by atoms with Gasteiger partial charge in [-0.1, -0.05) is 60.7 Å². The van der Waals surface area contributed by atoms with E-state index in [1.54, 1.807) is 0 Å². The molecule has 0 unspecified atom stereocenters. The van der Waals surface area contributed by atoms with Crippen molar-refractivity contribution in [2.24, 2.45) is 0 Å². The molecule has 1 atom stereocenters. The summed E-state index contributed by atoms with van der Waals surface area (Å²) >= 11 is 0. The fourth-order valence-electron chi connectivity index (χ4n) is 4.72. The Kier molecular flexibility index (Phi) is 6.35. The summed E-state index contributed by atoms with van der Waals surface area (Å²) in [6, 6.07) is 22.6. The lowest BCUT2D eigenvalue weighted by atomic mass is 9.92. The molecule has 0 spiro atoms. The summed E-state index contributed by atoms with van der Waals surface area (Å²) in [6.07, 6.45) is -0.192. The van der Waals surface area contributed by atoms with Crippen molar-refractivity contribution >= 4 is 6.09 Å². The quantitative estimate of drug-likeness (QED) is 0.733. The first kappa shape index (κ1) is 21.8. The van der Waals surface area contributed by atoms with Gasteiger partial charge in [0.2, 0.25) is 0 Å². The van der Waals surface area contributed by atoms with Crippen LogP contribution in [0.15, 0.2) is 60.7 Å². The van der Waals surface area contributed by atoms with E-state index in [2.05, 4.69) is 77.4 Å². The lowest BCUT2D eigenvalue weighted by Crippen LogP contribution is -2.65. The topological polar surface area (TPSA) is 36.0 Å². The number of amides is 1. The highest BCUT2D eigenvalue weighted by Gasteiger charge is 2.40. The molecule has 1 amide bonds. The van der Waals surface area contributed by atoms with Gasteiger partial charge in [-0.3, -0.25) is 9.80 Å². The molecule has 0 bridgehead atoms. The molecule has 2 fully saturated rings. The maximum absolute atomic E-state index is 12.5. The van der Waals surface area contributed by atoms with E-state index < -0.39 is 5.60 Å². The SMILES string of the molecule is C[C@H]1CN(C2CN(C(c3ccccc3)c3ccccc3)C2)CCN1C(=O)OC(C)(C)C. The fraction of sp³-hybridized carbons (Fsp3) is 0.500. The maximum atomic E-state index is 12.5. The Morgan fingerprint density at radius 2 is 1.45 bits per heavy atom. The van der Waals surface area contributed by atoms with Crippen LogP contribution in [0.25, 0.3) is 0 Å². The highest BCUT2D eigenvalue weighted by atomic mass is 16.6. The number of rotatable bonds is 4. The zero-order chi connectivity index (χ0) is 22.0. The van der Waals surface area contributed by atoms with Gasteiger partial charge in [0.25, 0.3) is 0 Å². The number of benzene rings is 2. The van der Waals surface area contributed by atoms with Gasteiger partial charge in [0, 0.05) is 44.8 Å². The van der Waals surface area contributed by atoms with E-state index in [0.717, 1.165) is 32.7 Å². The normalized spacial score (nSPS) is 21.2. The average Bonchev–Trinajstić information content (AvgIpc) is 2.70. The van der Waals surface area contributed by atoms with Gasteiger partial charge >= 0.3 is 6.09 Å². The number of hydrogen-bond donors (Lipinski definition) is 0. The van der Waals surface area contributed by atoms with Crippen LogP contribution in [0, 0.1) is 0 Å². The Morgan fingerprint density at radius 3 is 1.94 bits per heavy atom. The highest BCUT2D eigenvalue weighted by molar-refractivity contribution is 5.68. The molecule has 0 radical (unpaired) electrons. The second kappa shape index (κ2) is 9.01. The van der Waals surface area contributed by atoms with Crippen molar-refractivity contribution in [3.63, 3.8) is 0 Å². The fourth-order valence-corrected chi connectivity index (χ4v) is 4.72. The molecule has 2 aliphatic rings. The summed E-state index contributed by atoms with van der Waals surface area (Å²) < 4.78 is 5.59. The van der Waals surface area contributed by atoms with Crippen LogP contribution >= 0.6 is 0 Å². The van der Waals surface area contributed by atoms with Crippen LogP contribution in [0.1, 0.15) is 44.9 Å². The van der Waals surface area contributed by atoms with E-state index in [0.29, 0.717) is 12.1 Å². The van der Waals surface area contributed by atoms with Crippen molar-refractivity contribution in [2.75, 3.05) is 32.7 Å². The second-order valence-corrected chi connectivity index (χ2v) is 9.85. The molecule has 166 valence electrons. The number of carbonyl (C=O) groups excluding carboxylic acids is 1. The molecule has 0 N–H and O–H groups in total. The molecule has 2 aromatic rings. The van der Waals surface area contributed by atoms with Gasteiger partial charge in [0.1, 0.15) is 5.60 Å². The van der Waals surface area contributed by atoms with Gasteiger partial charge in [-0.25, -0.2) is 4.79 Å². The van der Waals surface area contributed by atoms with Crippen LogP contribution in [-0.4, -0.2) is 71.2 Å². The number of carbonyl (C=O) groups is 1. The first-order valence-corrected chi connectivity index (χ1v) is 11.4. The zero-order valence-corrected chi connectivity index (χ0v) is 19.2. The van der Waals surface area contributed by atoms with Gasteiger partial charge in [0.05, 0.1) is 6.04 Å². The van der Waals surface area contributed by atoms with Crippen LogP contribution < -0.4 is 0 Å². The Balaban J connectivity index is 1.38. The van der Waals surface area contributed by atoms with Gasteiger partial charge in [-0.2, -0.15) is 0 Å². The molecule has 4 rings (SSSR count). The minimum absolute atomic E-state index is 0.164. The third-order valence-corrected chi connectivity index (χ3v) is 6.29. The predicted molar refractivity (Wildman–Crippen MR) is 124 cm³/mol. The zero-order valence-electron chi connectivity index (χ0n) is 19.2. The van der Waals surface area contributed by atoms with Crippen LogP contribution in [-0.2, 0) is 4.74 Å². The number of hydrogen-bond acceptors (Lipinski definition) is 4. The molecule has 0 aliphatic carbocycles. The Hall–Kier alpha value is -2.37. The second-order valence-electron chi connectivity index (χ2n) is 9.85. The molecule has 0 aromatic heterocycles. The predicted octanol–water partition coefficient (Wildman–Crippen LogP) is 4.40.